The molecule has 0 aliphatic heterocycles. The summed E-state index contributed by atoms with van der Waals surface area (Å²) < 4.78 is 5.07. The first kappa shape index (κ1) is 9.98. The van der Waals surface area contributed by atoms with E-state index in [1.54, 1.807) is 12.2 Å². The van der Waals surface area contributed by atoms with Crippen molar-refractivity contribution < 1.29 is 9.84 Å². The second-order valence-electron chi connectivity index (χ2n) is 1.96. The van der Waals surface area contributed by atoms with Crippen molar-refractivity contribution >= 4 is 0 Å². The number of rotatable bonds is 6. The van der Waals surface area contributed by atoms with Crippen LogP contribution in [0.1, 0.15) is 6.42 Å². The normalized spacial score (nSPS) is 9.55. The van der Waals surface area contributed by atoms with Crippen molar-refractivity contribution in [3.05, 3.63) is 43.8 Å². The van der Waals surface area contributed by atoms with E-state index in [1.165, 1.54) is 0 Å². The van der Waals surface area contributed by atoms with Crippen LogP contribution in [0.5, 0.6) is 0 Å². The number of hydrogen-bond acceptors (Lipinski definition) is 2. The van der Waals surface area contributed by atoms with Crippen LogP contribution in [0.15, 0.2) is 37.6 Å². The fraction of sp³-hybridized carbons (Fsp3) is 0.222. The molecule has 0 rings (SSSR count). The minimum absolute atomic E-state index is 0.0493. The molecule has 0 amide bonds. The van der Waals surface area contributed by atoms with Gasteiger partial charge in [0.2, 0.25) is 0 Å². The molecule has 61 valence electrons. The maximum Gasteiger partial charge on any atom is 0.164 e. The lowest BCUT2D eigenvalue weighted by Crippen LogP contribution is -2.04. The molecule has 0 aromatic rings. The predicted octanol–water partition coefficient (Wildman–Crippen LogP) is 2.37. The molecule has 0 aromatic heterocycles. The molecule has 0 aliphatic rings. The molecule has 0 saturated carbocycles. The average molecular weight is 153 g/mol. The standard InChI is InChI=1S/C9H13O2/c1-4-6-9(8(3)10)11-7-5-2/h4-5,10H,1-3,6-7H2. The molecule has 0 heterocycles. The fourth-order valence-corrected chi connectivity index (χ4v) is 0.551. The highest BCUT2D eigenvalue weighted by molar-refractivity contribution is 5.09. The minimum Gasteiger partial charge on any atom is -0.510 e. The summed E-state index contributed by atoms with van der Waals surface area (Å²) in [7, 11) is 0. The van der Waals surface area contributed by atoms with Crippen molar-refractivity contribution in [2.45, 2.75) is 6.42 Å². The first-order valence-electron chi connectivity index (χ1n) is 3.31. The van der Waals surface area contributed by atoms with Gasteiger partial charge in [0.15, 0.2) is 6.10 Å². The largest absolute Gasteiger partial charge is 0.510 e. The molecule has 0 bridgehead atoms. The Morgan fingerprint density at radius 3 is 2.36 bits per heavy atom. The van der Waals surface area contributed by atoms with Crippen molar-refractivity contribution in [3.8, 4) is 0 Å². The van der Waals surface area contributed by atoms with Gasteiger partial charge in [0, 0.05) is 6.42 Å². The van der Waals surface area contributed by atoms with Gasteiger partial charge in [-0.25, -0.2) is 0 Å². The zero-order valence-electron chi connectivity index (χ0n) is 6.55. The lowest BCUT2D eigenvalue weighted by Gasteiger charge is -2.11. The number of aliphatic hydroxyl groups excluding tert-OH is 1. The Morgan fingerprint density at radius 1 is 1.36 bits per heavy atom. The summed E-state index contributed by atoms with van der Waals surface area (Å²) >= 11 is 0. The van der Waals surface area contributed by atoms with E-state index in [2.05, 4.69) is 19.7 Å². The van der Waals surface area contributed by atoms with Crippen LogP contribution in [0.4, 0.5) is 0 Å². The lowest BCUT2D eigenvalue weighted by atomic mass is 10.2. The Kier molecular flexibility index (Phi) is 5.21. The topological polar surface area (TPSA) is 29.5 Å². The summed E-state index contributed by atoms with van der Waals surface area (Å²) in [6.07, 6.45) is 4.18. The fourth-order valence-electron chi connectivity index (χ4n) is 0.551. The van der Waals surface area contributed by atoms with E-state index in [1.807, 2.05) is 0 Å². The molecule has 0 spiro atoms. The number of aliphatic hydroxyl groups is 1. The highest BCUT2D eigenvalue weighted by Crippen LogP contribution is 2.15. The molecule has 0 unspecified atom stereocenters. The van der Waals surface area contributed by atoms with E-state index in [0.717, 1.165) is 0 Å². The second kappa shape index (κ2) is 5.74. The number of hydrogen-bond donors (Lipinski definition) is 1. The van der Waals surface area contributed by atoms with E-state index in [-0.39, 0.29) is 5.76 Å². The van der Waals surface area contributed by atoms with Crippen LogP contribution in [0.2, 0.25) is 0 Å². The smallest absolute Gasteiger partial charge is 0.164 e. The third-order valence-electron chi connectivity index (χ3n) is 1.03. The Bertz CT molecular complexity index is 150. The quantitative estimate of drug-likeness (QED) is 0.469. The third-order valence-corrected chi connectivity index (χ3v) is 1.03. The van der Waals surface area contributed by atoms with Crippen molar-refractivity contribution in [1.82, 2.24) is 0 Å². The number of ether oxygens (including phenoxy) is 1. The van der Waals surface area contributed by atoms with Gasteiger partial charge in [-0.05, 0) is 0 Å². The van der Waals surface area contributed by atoms with Crippen molar-refractivity contribution in [2.75, 3.05) is 6.61 Å². The summed E-state index contributed by atoms with van der Waals surface area (Å²) in [6, 6.07) is 0. The van der Waals surface area contributed by atoms with Gasteiger partial charge in [0.05, 0.1) is 6.61 Å². The zero-order chi connectivity index (χ0) is 8.69. The first-order chi connectivity index (χ1) is 5.22. The summed E-state index contributed by atoms with van der Waals surface area (Å²) in [6.45, 7) is 10.7. The zero-order valence-corrected chi connectivity index (χ0v) is 6.55. The molecule has 0 atom stereocenters. The van der Waals surface area contributed by atoms with Crippen LogP contribution in [-0.2, 0) is 4.74 Å². The molecule has 1 N–H and O–H groups in total. The highest BCUT2D eigenvalue weighted by atomic mass is 16.5. The molecule has 0 aliphatic carbocycles. The summed E-state index contributed by atoms with van der Waals surface area (Å²) in [4.78, 5) is 0. The maximum atomic E-state index is 8.93. The van der Waals surface area contributed by atoms with Gasteiger partial charge < -0.3 is 9.84 Å². The second-order valence-corrected chi connectivity index (χ2v) is 1.96. The van der Waals surface area contributed by atoms with Crippen LogP contribution in [-0.4, -0.2) is 11.7 Å². The molecule has 0 fully saturated rings. The van der Waals surface area contributed by atoms with Gasteiger partial charge in [-0.1, -0.05) is 18.7 Å². The molecule has 11 heavy (non-hydrogen) atoms. The monoisotopic (exact) mass is 153 g/mol. The van der Waals surface area contributed by atoms with Gasteiger partial charge in [-0.2, -0.15) is 0 Å². The van der Waals surface area contributed by atoms with Gasteiger partial charge in [-0.3, -0.25) is 0 Å². The van der Waals surface area contributed by atoms with Crippen LogP contribution in [0, 0.1) is 6.10 Å². The molecule has 2 heteroatoms. The van der Waals surface area contributed by atoms with E-state index in [4.69, 9.17) is 9.84 Å². The molecule has 2 nitrogen and oxygen atoms in total. The lowest BCUT2D eigenvalue weighted by molar-refractivity contribution is 0.153. The Labute approximate surface area is 67.5 Å². The summed E-state index contributed by atoms with van der Waals surface area (Å²) in [5, 5.41) is 8.93. The SMILES string of the molecule is C=CCO[C](CC=C)C(=C)O. The first-order valence-corrected chi connectivity index (χ1v) is 3.31. The van der Waals surface area contributed by atoms with E-state index < -0.39 is 0 Å². The van der Waals surface area contributed by atoms with Crippen LogP contribution >= 0.6 is 0 Å². The molecule has 0 saturated heterocycles. The van der Waals surface area contributed by atoms with Crippen LogP contribution in [0.25, 0.3) is 0 Å². The maximum absolute atomic E-state index is 8.93. The van der Waals surface area contributed by atoms with Crippen LogP contribution < -0.4 is 0 Å². The average Bonchev–Trinajstić information content (AvgIpc) is 1.97. The van der Waals surface area contributed by atoms with Crippen molar-refractivity contribution in [1.29, 1.82) is 0 Å². The van der Waals surface area contributed by atoms with Gasteiger partial charge in [0.25, 0.3) is 0 Å². The molecule has 0 aromatic carbocycles. The molecular formula is C9H13O2. The summed E-state index contributed by atoms with van der Waals surface area (Å²) in [5.41, 5.74) is 0. The van der Waals surface area contributed by atoms with Crippen molar-refractivity contribution in [2.24, 2.45) is 0 Å². The third kappa shape index (κ3) is 4.39. The highest BCUT2D eigenvalue weighted by Gasteiger charge is 2.10. The van der Waals surface area contributed by atoms with Gasteiger partial charge >= 0.3 is 0 Å². The summed E-state index contributed by atoms with van der Waals surface area (Å²) in [5.74, 6) is -0.0493. The van der Waals surface area contributed by atoms with E-state index in [9.17, 15) is 0 Å². The van der Waals surface area contributed by atoms with Gasteiger partial charge in [-0.15, -0.1) is 13.2 Å². The van der Waals surface area contributed by atoms with Crippen molar-refractivity contribution in [3.63, 3.8) is 0 Å². The Hall–Kier alpha value is -1.02. The molecule has 1 radical (unpaired) electrons. The Morgan fingerprint density at radius 2 is 2.00 bits per heavy atom. The van der Waals surface area contributed by atoms with E-state index >= 15 is 0 Å². The van der Waals surface area contributed by atoms with Gasteiger partial charge in [0.1, 0.15) is 5.76 Å². The molecular weight excluding hydrogens is 140 g/mol. The van der Waals surface area contributed by atoms with E-state index in [0.29, 0.717) is 19.1 Å². The minimum atomic E-state index is -0.0493. The Balaban J connectivity index is 3.77. The van der Waals surface area contributed by atoms with Crippen LogP contribution in [0.3, 0.4) is 0 Å². The predicted molar refractivity (Wildman–Crippen MR) is 46.0 cm³/mol.